The zero-order chi connectivity index (χ0) is 21.0. The van der Waals surface area contributed by atoms with Crippen LogP contribution in [0.1, 0.15) is 105 Å². The highest BCUT2D eigenvalue weighted by Crippen LogP contribution is 2.68. The van der Waals surface area contributed by atoms with E-state index in [9.17, 15) is 5.11 Å². The van der Waals surface area contributed by atoms with E-state index >= 15 is 0 Å². The van der Waals surface area contributed by atoms with E-state index in [1.54, 1.807) is 0 Å². The SMILES string of the molecule is CC(C)CCCC(C)C1CCC2C3CCC4CC(O)C(Br)CC4(C)C3CCC12C. The van der Waals surface area contributed by atoms with Gasteiger partial charge in [-0.1, -0.05) is 69.8 Å². The van der Waals surface area contributed by atoms with Gasteiger partial charge >= 0.3 is 0 Å². The first-order valence-corrected chi connectivity index (χ1v) is 13.9. The van der Waals surface area contributed by atoms with E-state index < -0.39 is 0 Å². The number of halogens is 1. The zero-order valence-corrected chi connectivity index (χ0v) is 21.4. The number of alkyl halides is 1. The fourth-order valence-corrected chi connectivity index (χ4v) is 10.2. The average Bonchev–Trinajstić information content (AvgIpc) is 3.00. The Kier molecular flexibility index (Phi) is 6.57. The third-order valence-corrected chi connectivity index (χ3v) is 11.8. The van der Waals surface area contributed by atoms with Crippen molar-refractivity contribution in [2.45, 2.75) is 116 Å². The van der Waals surface area contributed by atoms with Crippen LogP contribution >= 0.6 is 15.9 Å². The van der Waals surface area contributed by atoms with E-state index in [1.165, 1.54) is 64.2 Å². The summed E-state index contributed by atoms with van der Waals surface area (Å²) in [6.45, 7) is 12.6. The molecule has 2 heteroatoms. The van der Waals surface area contributed by atoms with E-state index in [4.69, 9.17) is 0 Å². The summed E-state index contributed by atoms with van der Waals surface area (Å²) >= 11 is 3.85. The van der Waals surface area contributed by atoms with Crippen LogP contribution in [-0.2, 0) is 0 Å². The van der Waals surface area contributed by atoms with Gasteiger partial charge in [0.1, 0.15) is 0 Å². The van der Waals surface area contributed by atoms with Crippen molar-refractivity contribution in [1.29, 1.82) is 0 Å². The third kappa shape index (κ3) is 3.90. The van der Waals surface area contributed by atoms with Crippen LogP contribution in [0.2, 0.25) is 0 Å². The minimum atomic E-state index is -0.124. The highest BCUT2D eigenvalue weighted by atomic mass is 79.9. The predicted octanol–water partition coefficient (Wildman–Crippen LogP) is 7.84. The summed E-state index contributed by atoms with van der Waals surface area (Å²) in [6, 6.07) is 0. The van der Waals surface area contributed by atoms with Crippen molar-refractivity contribution in [3.63, 3.8) is 0 Å². The van der Waals surface area contributed by atoms with E-state index in [0.717, 1.165) is 47.8 Å². The molecular weight excluding hydrogens is 420 g/mol. The molecule has 0 bridgehead atoms. The number of hydrogen-bond acceptors (Lipinski definition) is 1. The Balaban J connectivity index is 1.47. The normalized spacial score (nSPS) is 50.7. The van der Waals surface area contributed by atoms with Crippen molar-refractivity contribution in [2.24, 2.45) is 52.3 Å². The standard InChI is InChI=1S/C27H47BrO/c1-17(2)7-6-8-18(3)21-11-12-22-20-10-9-19-15-25(29)24(28)16-27(19,5)23(20)13-14-26(21,22)4/h17-25,29H,6-16H2,1-5H3. The summed E-state index contributed by atoms with van der Waals surface area (Å²) < 4.78 is 0. The molecule has 0 aliphatic heterocycles. The summed E-state index contributed by atoms with van der Waals surface area (Å²) in [5, 5.41) is 10.5. The molecule has 10 unspecified atom stereocenters. The van der Waals surface area contributed by atoms with Gasteiger partial charge in [-0.3, -0.25) is 0 Å². The van der Waals surface area contributed by atoms with Crippen LogP contribution < -0.4 is 0 Å². The second-order valence-corrected chi connectivity index (χ2v) is 13.9. The lowest BCUT2D eigenvalue weighted by molar-refractivity contribution is -0.127. The Labute approximate surface area is 189 Å². The molecule has 4 rings (SSSR count). The number of rotatable bonds is 5. The van der Waals surface area contributed by atoms with Crippen LogP contribution in [0.5, 0.6) is 0 Å². The van der Waals surface area contributed by atoms with Crippen molar-refractivity contribution in [3.8, 4) is 0 Å². The monoisotopic (exact) mass is 466 g/mol. The van der Waals surface area contributed by atoms with Crippen LogP contribution in [0.25, 0.3) is 0 Å². The maximum atomic E-state index is 10.5. The van der Waals surface area contributed by atoms with Crippen LogP contribution in [0, 0.1) is 52.3 Å². The number of hydrogen-bond donors (Lipinski definition) is 1. The Morgan fingerprint density at radius 2 is 1.66 bits per heavy atom. The fourth-order valence-electron chi connectivity index (χ4n) is 9.26. The second kappa shape index (κ2) is 8.42. The molecule has 0 spiro atoms. The van der Waals surface area contributed by atoms with E-state index in [0.29, 0.717) is 15.7 Å². The summed E-state index contributed by atoms with van der Waals surface area (Å²) in [6.07, 6.45) is 15.1. The molecular formula is C27H47BrO. The van der Waals surface area contributed by atoms with Gasteiger partial charge in [0.2, 0.25) is 0 Å². The Bertz CT molecular complexity index is 575. The first-order chi connectivity index (χ1) is 13.7. The average molecular weight is 468 g/mol. The Morgan fingerprint density at radius 1 is 0.931 bits per heavy atom. The molecule has 0 heterocycles. The van der Waals surface area contributed by atoms with Crippen molar-refractivity contribution in [3.05, 3.63) is 0 Å². The maximum Gasteiger partial charge on any atom is 0.0668 e. The minimum absolute atomic E-state index is 0.124. The molecule has 4 aliphatic carbocycles. The lowest BCUT2D eigenvalue weighted by Crippen LogP contribution is -2.56. The molecule has 0 saturated heterocycles. The molecule has 0 aromatic heterocycles. The van der Waals surface area contributed by atoms with Crippen molar-refractivity contribution >= 4 is 15.9 Å². The highest BCUT2D eigenvalue weighted by molar-refractivity contribution is 9.09. The molecule has 0 aromatic carbocycles. The predicted molar refractivity (Wildman–Crippen MR) is 127 cm³/mol. The Morgan fingerprint density at radius 3 is 2.38 bits per heavy atom. The smallest absolute Gasteiger partial charge is 0.0668 e. The molecule has 4 aliphatic rings. The van der Waals surface area contributed by atoms with Gasteiger partial charge in [-0.2, -0.15) is 0 Å². The molecule has 4 fully saturated rings. The lowest BCUT2D eigenvalue weighted by Gasteiger charge is -2.61. The molecule has 1 N–H and O–H groups in total. The molecule has 29 heavy (non-hydrogen) atoms. The maximum absolute atomic E-state index is 10.5. The molecule has 0 amide bonds. The fraction of sp³-hybridized carbons (Fsp3) is 1.00. The van der Waals surface area contributed by atoms with E-state index in [2.05, 4.69) is 50.5 Å². The molecule has 4 saturated carbocycles. The molecule has 1 nitrogen and oxygen atoms in total. The van der Waals surface area contributed by atoms with Gasteiger partial charge in [0.05, 0.1) is 6.10 Å². The van der Waals surface area contributed by atoms with Crippen molar-refractivity contribution in [1.82, 2.24) is 0 Å². The van der Waals surface area contributed by atoms with Gasteiger partial charge in [0, 0.05) is 4.83 Å². The zero-order valence-electron chi connectivity index (χ0n) is 19.8. The van der Waals surface area contributed by atoms with Crippen molar-refractivity contribution < 1.29 is 5.11 Å². The first-order valence-electron chi connectivity index (χ1n) is 13.0. The molecule has 0 radical (unpaired) electrons. The van der Waals surface area contributed by atoms with Crippen LogP contribution in [0.4, 0.5) is 0 Å². The van der Waals surface area contributed by atoms with Crippen LogP contribution in [0.15, 0.2) is 0 Å². The largest absolute Gasteiger partial charge is 0.392 e. The number of fused-ring (bicyclic) bond motifs is 5. The Hall–Kier alpha value is 0.440. The third-order valence-electron chi connectivity index (χ3n) is 10.8. The summed E-state index contributed by atoms with van der Waals surface area (Å²) in [5.74, 6) is 6.31. The molecule has 0 aromatic rings. The lowest BCUT2D eigenvalue weighted by atomic mass is 9.44. The van der Waals surface area contributed by atoms with E-state index in [1.807, 2.05) is 0 Å². The van der Waals surface area contributed by atoms with Crippen LogP contribution in [0.3, 0.4) is 0 Å². The summed E-state index contributed by atoms with van der Waals surface area (Å²) in [5.41, 5.74) is 1.06. The van der Waals surface area contributed by atoms with Gasteiger partial charge in [-0.15, -0.1) is 0 Å². The van der Waals surface area contributed by atoms with Gasteiger partial charge in [0.25, 0.3) is 0 Å². The van der Waals surface area contributed by atoms with E-state index in [-0.39, 0.29) is 6.10 Å². The van der Waals surface area contributed by atoms with Gasteiger partial charge < -0.3 is 5.11 Å². The van der Waals surface area contributed by atoms with Crippen LogP contribution in [-0.4, -0.2) is 16.0 Å². The van der Waals surface area contributed by atoms with Gasteiger partial charge in [-0.05, 0) is 104 Å². The highest BCUT2D eigenvalue weighted by Gasteiger charge is 2.61. The van der Waals surface area contributed by atoms with Crippen molar-refractivity contribution in [2.75, 3.05) is 0 Å². The molecule has 10 atom stereocenters. The summed E-state index contributed by atoms with van der Waals surface area (Å²) in [4.78, 5) is 0.313. The number of aliphatic hydroxyl groups excluding tert-OH is 1. The summed E-state index contributed by atoms with van der Waals surface area (Å²) in [7, 11) is 0. The molecule has 168 valence electrons. The second-order valence-electron chi connectivity index (χ2n) is 12.7. The minimum Gasteiger partial charge on any atom is -0.392 e. The topological polar surface area (TPSA) is 20.2 Å². The quantitative estimate of drug-likeness (QED) is 0.408. The first kappa shape index (κ1) is 22.6. The number of aliphatic hydroxyl groups is 1. The van der Waals surface area contributed by atoms with Gasteiger partial charge in [0.15, 0.2) is 0 Å². The van der Waals surface area contributed by atoms with Gasteiger partial charge in [-0.25, -0.2) is 0 Å².